The second kappa shape index (κ2) is 7.22. The van der Waals surface area contributed by atoms with Gasteiger partial charge in [0.05, 0.1) is 6.10 Å². The van der Waals surface area contributed by atoms with Crippen molar-refractivity contribution in [1.82, 2.24) is 9.80 Å². The van der Waals surface area contributed by atoms with E-state index < -0.39 is 0 Å². The first-order valence-electron chi connectivity index (χ1n) is 10.2. The van der Waals surface area contributed by atoms with Crippen LogP contribution in [0.25, 0.3) is 11.1 Å². The number of carbonyl (C=O) groups excluding carboxylic acids is 1. The van der Waals surface area contributed by atoms with E-state index in [1.807, 2.05) is 0 Å². The maximum atomic E-state index is 12.5. The van der Waals surface area contributed by atoms with Gasteiger partial charge in [-0.2, -0.15) is 0 Å². The molecule has 146 valence electrons. The third-order valence-corrected chi connectivity index (χ3v) is 6.47. The van der Waals surface area contributed by atoms with E-state index in [0.29, 0.717) is 12.6 Å². The average Bonchev–Trinajstić information content (AvgIpc) is 3.01. The SMILES string of the molecule is O=C(OCC1c2ccccc2-c2ccccc21)N1CC(N2CCC(O)CC2)C1. The van der Waals surface area contributed by atoms with E-state index in [0.717, 1.165) is 39.0 Å². The molecular weight excluding hydrogens is 352 g/mol. The number of benzene rings is 2. The van der Waals surface area contributed by atoms with E-state index in [-0.39, 0.29) is 18.1 Å². The second-order valence-electron chi connectivity index (χ2n) is 8.13. The lowest BCUT2D eigenvalue weighted by molar-refractivity contribution is -0.00660. The van der Waals surface area contributed by atoms with Crippen LogP contribution in [-0.4, -0.2) is 65.9 Å². The van der Waals surface area contributed by atoms with Gasteiger partial charge in [-0.1, -0.05) is 48.5 Å². The molecule has 28 heavy (non-hydrogen) atoms. The number of fused-ring (bicyclic) bond motifs is 3. The molecule has 2 heterocycles. The van der Waals surface area contributed by atoms with Crippen LogP contribution >= 0.6 is 0 Å². The van der Waals surface area contributed by atoms with Crippen LogP contribution in [0.2, 0.25) is 0 Å². The molecule has 0 aromatic heterocycles. The third-order valence-electron chi connectivity index (χ3n) is 6.47. The van der Waals surface area contributed by atoms with Gasteiger partial charge in [-0.05, 0) is 35.1 Å². The zero-order valence-corrected chi connectivity index (χ0v) is 16.0. The largest absolute Gasteiger partial charge is 0.448 e. The smallest absolute Gasteiger partial charge is 0.409 e. The number of hydrogen-bond acceptors (Lipinski definition) is 4. The molecule has 0 unspecified atom stereocenters. The van der Waals surface area contributed by atoms with Gasteiger partial charge in [-0.25, -0.2) is 4.79 Å². The highest BCUT2D eigenvalue weighted by atomic mass is 16.6. The van der Waals surface area contributed by atoms with Crippen LogP contribution in [0.5, 0.6) is 0 Å². The van der Waals surface area contributed by atoms with Crippen LogP contribution in [0.15, 0.2) is 48.5 Å². The van der Waals surface area contributed by atoms with E-state index >= 15 is 0 Å². The minimum absolute atomic E-state index is 0.108. The minimum atomic E-state index is -0.213. The molecule has 0 saturated carbocycles. The summed E-state index contributed by atoms with van der Waals surface area (Å²) in [4.78, 5) is 16.7. The average molecular weight is 378 g/mol. The van der Waals surface area contributed by atoms with Gasteiger partial charge in [0, 0.05) is 38.1 Å². The summed E-state index contributed by atoms with van der Waals surface area (Å²) in [6.45, 7) is 3.68. The Bertz CT molecular complexity index is 824. The first kappa shape index (κ1) is 17.7. The number of aliphatic hydroxyl groups excluding tert-OH is 1. The molecule has 1 N–H and O–H groups in total. The maximum Gasteiger partial charge on any atom is 0.409 e. The molecule has 5 nitrogen and oxygen atoms in total. The predicted octanol–water partition coefficient (Wildman–Crippen LogP) is 3.08. The fraction of sp³-hybridized carbons (Fsp3) is 0.435. The van der Waals surface area contributed by atoms with Gasteiger partial charge in [-0.15, -0.1) is 0 Å². The standard InChI is InChI=1S/C23H26N2O3/c26-17-9-11-24(12-10-17)16-13-25(14-16)23(27)28-15-22-20-7-3-1-5-18(20)19-6-2-4-8-21(19)22/h1-8,16-17,22,26H,9-15H2. The lowest BCUT2D eigenvalue weighted by atomic mass is 9.98. The first-order valence-corrected chi connectivity index (χ1v) is 10.2. The van der Waals surface area contributed by atoms with Gasteiger partial charge >= 0.3 is 6.09 Å². The van der Waals surface area contributed by atoms with Crippen LogP contribution in [0.4, 0.5) is 4.79 Å². The Morgan fingerprint density at radius 1 is 0.964 bits per heavy atom. The Labute approximate surface area is 165 Å². The molecule has 1 amide bonds. The van der Waals surface area contributed by atoms with Crippen molar-refractivity contribution in [2.75, 3.05) is 32.8 Å². The number of hydrogen-bond donors (Lipinski definition) is 1. The molecule has 2 saturated heterocycles. The molecule has 2 aromatic rings. The molecule has 0 bridgehead atoms. The number of aliphatic hydroxyl groups is 1. The number of nitrogens with zero attached hydrogens (tertiary/aromatic N) is 2. The lowest BCUT2D eigenvalue weighted by Gasteiger charge is -2.46. The summed E-state index contributed by atoms with van der Waals surface area (Å²) in [5.41, 5.74) is 4.97. The van der Waals surface area contributed by atoms with E-state index in [1.165, 1.54) is 22.3 Å². The minimum Gasteiger partial charge on any atom is -0.448 e. The molecule has 0 atom stereocenters. The van der Waals surface area contributed by atoms with Gasteiger partial charge in [0.1, 0.15) is 6.61 Å². The summed E-state index contributed by atoms with van der Waals surface area (Å²) in [5, 5.41) is 9.64. The van der Waals surface area contributed by atoms with Crippen molar-refractivity contribution in [2.24, 2.45) is 0 Å². The summed E-state index contributed by atoms with van der Waals surface area (Å²) in [5.74, 6) is 0.108. The third kappa shape index (κ3) is 3.09. The Kier molecular flexibility index (Phi) is 4.57. The summed E-state index contributed by atoms with van der Waals surface area (Å²) in [7, 11) is 0. The van der Waals surface area contributed by atoms with Crippen LogP contribution in [0.3, 0.4) is 0 Å². The molecule has 2 fully saturated rings. The van der Waals surface area contributed by atoms with Crippen molar-refractivity contribution in [1.29, 1.82) is 0 Å². The van der Waals surface area contributed by atoms with Crippen LogP contribution in [0.1, 0.15) is 29.9 Å². The molecule has 5 rings (SSSR count). The Hall–Kier alpha value is -2.37. The summed E-state index contributed by atoms with van der Waals surface area (Å²) < 4.78 is 5.72. The molecule has 5 heteroatoms. The highest BCUT2D eigenvalue weighted by molar-refractivity contribution is 5.79. The van der Waals surface area contributed by atoms with Gasteiger partial charge in [0.25, 0.3) is 0 Å². The summed E-state index contributed by atoms with van der Waals surface area (Å²) in [6, 6.07) is 17.2. The summed E-state index contributed by atoms with van der Waals surface area (Å²) >= 11 is 0. The number of piperidine rings is 1. The first-order chi connectivity index (χ1) is 13.7. The van der Waals surface area contributed by atoms with Crippen molar-refractivity contribution in [3.05, 3.63) is 59.7 Å². The maximum absolute atomic E-state index is 12.5. The Morgan fingerprint density at radius 2 is 1.54 bits per heavy atom. The molecular formula is C23H26N2O3. The van der Waals surface area contributed by atoms with E-state index in [9.17, 15) is 9.90 Å². The Balaban J connectivity index is 1.19. The normalized spacial score (nSPS) is 20.5. The van der Waals surface area contributed by atoms with Gasteiger partial charge in [-0.3, -0.25) is 4.90 Å². The number of amides is 1. The highest BCUT2D eigenvalue weighted by Gasteiger charge is 2.37. The van der Waals surface area contributed by atoms with Crippen molar-refractivity contribution < 1.29 is 14.6 Å². The van der Waals surface area contributed by atoms with Crippen molar-refractivity contribution >= 4 is 6.09 Å². The number of rotatable bonds is 3. The fourth-order valence-electron chi connectivity index (χ4n) is 4.77. The molecule has 1 aliphatic carbocycles. The number of ether oxygens (including phenoxy) is 1. The van der Waals surface area contributed by atoms with Crippen molar-refractivity contribution in [2.45, 2.75) is 30.9 Å². The Morgan fingerprint density at radius 3 is 2.14 bits per heavy atom. The fourth-order valence-corrected chi connectivity index (χ4v) is 4.77. The second-order valence-corrected chi connectivity index (χ2v) is 8.13. The monoisotopic (exact) mass is 378 g/mol. The summed E-state index contributed by atoms with van der Waals surface area (Å²) in [6.07, 6.45) is 1.30. The number of carbonyl (C=O) groups is 1. The van der Waals surface area contributed by atoms with Gasteiger partial charge < -0.3 is 14.7 Å². The predicted molar refractivity (Wildman–Crippen MR) is 107 cm³/mol. The van der Waals surface area contributed by atoms with E-state index in [2.05, 4.69) is 53.4 Å². The number of likely N-dealkylation sites (tertiary alicyclic amines) is 2. The van der Waals surface area contributed by atoms with Crippen molar-refractivity contribution in [3.63, 3.8) is 0 Å². The molecule has 2 aliphatic heterocycles. The highest BCUT2D eigenvalue weighted by Crippen LogP contribution is 2.44. The van der Waals surface area contributed by atoms with Crippen LogP contribution in [0, 0.1) is 0 Å². The molecule has 0 radical (unpaired) electrons. The van der Waals surface area contributed by atoms with Crippen LogP contribution < -0.4 is 0 Å². The molecule has 3 aliphatic rings. The zero-order chi connectivity index (χ0) is 19.1. The quantitative estimate of drug-likeness (QED) is 0.892. The molecule has 0 spiro atoms. The molecule has 2 aromatic carbocycles. The van der Waals surface area contributed by atoms with E-state index in [1.54, 1.807) is 4.90 Å². The van der Waals surface area contributed by atoms with Crippen LogP contribution in [-0.2, 0) is 4.74 Å². The van der Waals surface area contributed by atoms with Gasteiger partial charge in [0.2, 0.25) is 0 Å². The lowest BCUT2D eigenvalue weighted by Crippen LogP contribution is -2.62. The zero-order valence-electron chi connectivity index (χ0n) is 16.0. The topological polar surface area (TPSA) is 53.0 Å². The van der Waals surface area contributed by atoms with E-state index in [4.69, 9.17) is 4.74 Å². The van der Waals surface area contributed by atoms with Crippen molar-refractivity contribution in [3.8, 4) is 11.1 Å². The van der Waals surface area contributed by atoms with Gasteiger partial charge in [0.15, 0.2) is 0 Å².